The summed E-state index contributed by atoms with van der Waals surface area (Å²) in [7, 11) is -1.60. The number of pyridine rings is 4. The maximum absolute atomic E-state index is 13.6. The number of methoxy groups -OCH3 is 4. The van der Waals surface area contributed by atoms with E-state index in [1.54, 1.807) is 98.0 Å². The van der Waals surface area contributed by atoms with Crippen LogP contribution in [0.25, 0.3) is 34.2 Å². The molecule has 72 heavy (non-hydrogen) atoms. The van der Waals surface area contributed by atoms with E-state index in [0.29, 0.717) is 67.3 Å². The minimum atomic E-state index is -3.76. The van der Waals surface area contributed by atoms with E-state index in [1.807, 2.05) is 0 Å². The SMILES string of the molecule is COc1ccnc(OC)c1-n1c(CS(=O)(=O)[C@H](C)[C@@H](C)c2ncc(Cl)cn2)nnc1-c1cccnc1.COc1ccnc(OC)c1-n1c(CS(=O)(=O)[C@H](C)[C@@H](C)c2ncc(Cl)cn2)nnc1-c1cccnc1. The molecule has 0 saturated carbocycles. The predicted molar refractivity (Wildman–Crippen MR) is 266 cm³/mol. The van der Waals surface area contributed by atoms with Crippen LogP contribution in [0.3, 0.4) is 0 Å². The van der Waals surface area contributed by atoms with Crippen molar-refractivity contribution in [2.75, 3.05) is 28.4 Å². The van der Waals surface area contributed by atoms with Gasteiger partial charge in [-0.2, -0.15) is 0 Å². The summed E-state index contributed by atoms with van der Waals surface area (Å²) in [5, 5.41) is 16.2. The van der Waals surface area contributed by atoms with Crippen LogP contribution in [-0.4, -0.2) is 125 Å². The highest BCUT2D eigenvalue weighted by atomic mass is 35.5. The molecule has 0 unspecified atom stereocenters. The van der Waals surface area contributed by atoms with Crippen LogP contribution in [0.5, 0.6) is 23.3 Å². The van der Waals surface area contributed by atoms with Gasteiger partial charge in [-0.25, -0.2) is 46.7 Å². The normalized spacial score (nSPS) is 13.2. The molecule has 8 rings (SSSR count). The molecule has 8 aromatic heterocycles. The van der Waals surface area contributed by atoms with Crippen LogP contribution in [0.2, 0.25) is 10.0 Å². The fourth-order valence-corrected chi connectivity index (χ4v) is 10.6. The Kier molecular flexibility index (Phi) is 16.7. The van der Waals surface area contributed by atoms with Crippen molar-refractivity contribution in [3.63, 3.8) is 0 Å². The summed E-state index contributed by atoms with van der Waals surface area (Å²) in [5.74, 6) is 1.22. The van der Waals surface area contributed by atoms with Crippen LogP contribution in [0, 0.1) is 0 Å². The molecule has 0 aliphatic heterocycles. The van der Waals surface area contributed by atoms with Crippen LogP contribution in [-0.2, 0) is 31.2 Å². The van der Waals surface area contributed by atoms with Gasteiger partial charge in [0.05, 0.1) is 49.0 Å². The van der Waals surface area contributed by atoms with Gasteiger partial charge in [0.1, 0.15) is 34.7 Å². The van der Waals surface area contributed by atoms with Gasteiger partial charge < -0.3 is 18.9 Å². The van der Waals surface area contributed by atoms with E-state index in [-0.39, 0.29) is 23.4 Å². The monoisotopic (exact) mass is 1060 g/mol. The fourth-order valence-electron chi connectivity index (χ4n) is 7.31. The molecule has 0 amide bonds. The van der Waals surface area contributed by atoms with Crippen molar-refractivity contribution in [2.24, 2.45) is 0 Å². The number of sulfone groups is 2. The van der Waals surface area contributed by atoms with Crippen molar-refractivity contribution in [1.29, 1.82) is 0 Å². The molecule has 26 heteroatoms. The molecule has 0 saturated heterocycles. The summed E-state index contributed by atoms with van der Waals surface area (Å²) in [6.07, 6.45) is 15.3. The maximum atomic E-state index is 13.6. The highest BCUT2D eigenvalue weighted by Crippen LogP contribution is 2.38. The Labute approximate surface area is 425 Å². The summed E-state index contributed by atoms with van der Waals surface area (Å²) in [6, 6.07) is 10.4. The number of hydrogen-bond donors (Lipinski definition) is 0. The van der Waals surface area contributed by atoms with Gasteiger partial charge in [-0.1, -0.05) is 37.0 Å². The minimum absolute atomic E-state index is 0.162. The lowest BCUT2D eigenvalue weighted by molar-refractivity contribution is 0.378. The zero-order valence-electron chi connectivity index (χ0n) is 40.1. The number of ether oxygens (including phenoxy) is 4. The second-order valence-electron chi connectivity index (χ2n) is 15.9. The Morgan fingerprint density at radius 3 is 1.19 bits per heavy atom. The molecule has 0 aliphatic rings. The first-order chi connectivity index (χ1) is 34.5. The number of hydrogen-bond acceptors (Lipinski definition) is 20. The van der Waals surface area contributed by atoms with Crippen molar-refractivity contribution in [3.8, 4) is 57.4 Å². The van der Waals surface area contributed by atoms with Crippen LogP contribution in [0.1, 0.15) is 62.8 Å². The van der Waals surface area contributed by atoms with Crippen LogP contribution < -0.4 is 18.9 Å². The number of halogens is 2. The molecule has 376 valence electrons. The number of rotatable bonds is 18. The summed E-state index contributed by atoms with van der Waals surface area (Å²) in [6.45, 7) is 6.74. The molecule has 8 heterocycles. The molecule has 22 nitrogen and oxygen atoms in total. The van der Waals surface area contributed by atoms with E-state index in [1.165, 1.54) is 65.6 Å². The zero-order chi connectivity index (χ0) is 51.7. The van der Waals surface area contributed by atoms with Gasteiger partial charge >= 0.3 is 0 Å². The summed E-state index contributed by atoms with van der Waals surface area (Å²) < 4.78 is 79.5. The average Bonchev–Trinajstić information content (AvgIpc) is 4.01. The van der Waals surface area contributed by atoms with Crippen molar-refractivity contribution in [3.05, 3.63) is 132 Å². The molecule has 0 radical (unpaired) electrons. The van der Waals surface area contributed by atoms with Gasteiger partial charge in [0, 0.05) is 97.1 Å². The molecule has 0 bridgehead atoms. The first-order valence-electron chi connectivity index (χ1n) is 21.7. The number of aromatic nitrogens is 14. The van der Waals surface area contributed by atoms with Crippen LogP contribution >= 0.6 is 23.2 Å². The molecule has 0 N–H and O–H groups in total. The van der Waals surface area contributed by atoms with Crippen LogP contribution in [0.15, 0.2) is 98.4 Å². The average molecular weight is 1060 g/mol. The molecule has 8 aromatic rings. The lowest BCUT2D eigenvalue weighted by atomic mass is 10.1. The summed E-state index contributed by atoms with van der Waals surface area (Å²) in [4.78, 5) is 33.6. The van der Waals surface area contributed by atoms with E-state index in [4.69, 9.17) is 42.1 Å². The second kappa shape index (κ2) is 22.9. The van der Waals surface area contributed by atoms with Crippen molar-refractivity contribution < 1.29 is 35.8 Å². The Morgan fingerprint density at radius 2 is 0.875 bits per heavy atom. The Bertz CT molecular complexity index is 3070. The van der Waals surface area contributed by atoms with Gasteiger partial charge in [0.15, 0.2) is 54.3 Å². The zero-order valence-corrected chi connectivity index (χ0v) is 43.2. The molecule has 0 spiro atoms. The maximum Gasteiger partial charge on any atom is 0.242 e. The van der Waals surface area contributed by atoms with Gasteiger partial charge in [-0.3, -0.25) is 19.1 Å². The lowest BCUT2D eigenvalue weighted by Gasteiger charge is -2.20. The third-order valence-electron chi connectivity index (χ3n) is 11.6. The van der Waals surface area contributed by atoms with E-state index in [0.717, 1.165) is 0 Å². The molecular weight excluding hydrogens is 1010 g/mol. The van der Waals surface area contributed by atoms with Gasteiger partial charge in [0.2, 0.25) is 11.8 Å². The first kappa shape index (κ1) is 52.5. The molecule has 0 fully saturated rings. The third-order valence-corrected chi connectivity index (χ3v) is 16.4. The summed E-state index contributed by atoms with van der Waals surface area (Å²) >= 11 is 11.8. The quantitative estimate of drug-likeness (QED) is 0.0877. The standard InChI is InChI=1S/2C23H24ClN7O4S/c2*1-14(21-27-11-17(24)12-28-21)15(2)36(32,33)13-19-29-30-22(16-6-5-8-25-10-16)31(19)20-18(34-3)7-9-26-23(20)35-4/h2*5-12,14-15H,13H2,1-4H3/t2*14-,15-/m11/s1. The van der Waals surface area contributed by atoms with E-state index in [2.05, 4.69) is 60.3 Å². The highest BCUT2D eigenvalue weighted by molar-refractivity contribution is 7.91. The van der Waals surface area contributed by atoms with Gasteiger partial charge in [-0.15, -0.1) is 20.4 Å². The predicted octanol–water partition coefficient (Wildman–Crippen LogP) is 6.58. The molecule has 4 atom stereocenters. The Hall–Kier alpha value is -7.28. The first-order valence-corrected chi connectivity index (χ1v) is 25.9. The largest absolute Gasteiger partial charge is 0.494 e. The summed E-state index contributed by atoms with van der Waals surface area (Å²) in [5.41, 5.74) is 1.99. The molecular formula is C46H48Cl2N14O8S2. The minimum Gasteiger partial charge on any atom is -0.494 e. The van der Waals surface area contributed by atoms with E-state index < -0.39 is 53.5 Å². The molecule has 0 aromatic carbocycles. The van der Waals surface area contributed by atoms with Crippen molar-refractivity contribution >= 4 is 42.9 Å². The Balaban J connectivity index is 0.000000211. The van der Waals surface area contributed by atoms with Crippen LogP contribution in [0.4, 0.5) is 0 Å². The Morgan fingerprint density at radius 1 is 0.500 bits per heavy atom. The van der Waals surface area contributed by atoms with Crippen molar-refractivity contribution in [1.82, 2.24) is 69.4 Å². The van der Waals surface area contributed by atoms with Gasteiger partial charge in [-0.05, 0) is 38.1 Å². The highest BCUT2D eigenvalue weighted by Gasteiger charge is 2.35. The molecule has 0 aliphatic carbocycles. The van der Waals surface area contributed by atoms with Gasteiger partial charge in [0.25, 0.3) is 0 Å². The van der Waals surface area contributed by atoms with E-state index >= 15 is 0 Å². The number of nitrogens with zero attached hydrogens (tertiary/aromatic N) is 14. The fraction of sp³-hybridized carbons (Fsp3) is 0.304. The third kappa shape index (κ3) is 11.4. The smallest absolute Gasteiger partial charge is 0.242 e. The lowest BCUT2D eigenvalue weighted by Crippen LogP contribution is -2.27. The topological polar surface area (TPSA) is 270 Å². The second-order valence-corrected chi connectivity index (χ2v) is 21.5. The van der Waals surface area contributed by atoms with Crippen molar-refractivity contribution in [2.45, 2.75) is 61.5 Å². The van der Waals surface area contributed by atoms with E-state index in [9.17, 15) is 16.8 Å².